The smallest absolute Gasteiger partial charge is 0.132 e. The van der Waals surface area contributed by atoms with Crippen LogP contribution in [0.25, 0.3) is 0 Å². The highest BCUT2D eigenvalue weighted by Crippen LogP contribution is 2.25. The second kappa shape index (κ2) is 4.47. The fraction of sp³-hybridized carbons (Fsp3) is 0.462. The van der Waals surface area contributed by atoms with Crippen molar-refractivity contribution in [3.05, 3.63) is 35.2 Å². The number of aromatic nitrogens is 1. The van der Waals surface area contributed by atoms with E-state index in [1.165, 1.54) is 42.5 Å². The monoisotopic (exact) mass is 202 g/mol. The van der Waals surface area contributed by atoms with Gasteiger partial charge in [0.2, 0.25) is 0 Å². The van der Waals surface area contributed by atoms with Crippen molar-refractivity contribution in [3.8, 4) is 0 Å². The average molecular weight is 202 g/mol. The van der Waals surface area contributed by atoms with Crippen LogP contribution in [0.2, 0.25) is 0 Å². The summed E-state index contributed by atoms with van der Waals surface area (Å²) in [7, 11) is 0. The molecule has 0 saturated heterocycles. The molecular weight excluding hydrogens is 184 g/mol. The number of allylic oxidation sites excluding steroid dienone is 2. The first-order valence-corrected chi connectivity index (χ1v) is 5.64. The minimum Gasteiger partial charge on any atom is -0.344 e. The second-order valence-corrected chi connectivity index (χ2v) is 4.26. The fourth-order valence-corrected chi connectivity index (χ4v) is 1.98. The number of nitrogens with zero attached hydrogens (tertiary/aromatic N) is 1. The molecule has 15 heavy (non-hydrogen) atoms. The van der Waals surface area contributed by atoms with Gasteiger partial charge in [-0.05, 0) is 51.2 Å². The summed E-state index contributed by atoms with van der Waals surface area (Å²) >= 11 is 0. The third-order valence-corrected chi connectivity index (χ3v) is 3.02. The zero-order valence-electron chi connectivity index (χ0n) is 9.51. The molecule has 1 aromatic heterocycles. The molecule has 80 valence electrons. The van der Waals surface area contributed by atoms with Crippen molar-refractivity contribution in [2.45, 2.75) is 39.5 Å². The van der Waals surface area contributed by atoms with Gasteiger partial charge in [-0.3, -0.25) is 0 Å². The van der Waals surface area contributed by atoms with Crippen molar-refractivity contribution in [1.82, 2.24) is 4.98 Å². The molecule has 1 aliphatic carbocycles. The zero-order valence-corrected chi connectivity index (χ0v) is 9.51. The molecule has 2 nitrogen and oxygen atoms in total. The van der Waals surface area contributed by atoms with E-state index in [2.05, 4.69) is 30.2 Å². The molecule has 0 spiro atoms. The molecule has 0 radical (unpaired) electrons. The van der Waals surface area contributed by atoms with Crippen molar-refractivity contribution < 1.29 is 0 Å². The zero-order chi connectivity index (χ0) is 10.7. The highest BCUT2D eigenvalue weighted by atomic mass is 15.0. The number of anilines is 1. The third kappa shape index (κ3) is 2.38. The van der Waals surface area contributed by atoms with Gasteiger partial charge < -0.3 is 5.32 Å². The lowest BCUT2D eigenvalue weighted by Crippen LogP contribution is -2.08. The van der Waals surface area contributed by atoms with E-state index in [-0.39, 0.29) is 0 Å². The Kier molecular flexibility index (Phi) is 3.05. The molecule has 2 rings (SSSR count). The number of aryl methyl sites for hydroxylation is 1. The van der Waals surface area contributed by atoms with E-state index in [0.29, 0.717) is 0 Å². The Bertz CT molecular complexity index is 380. The van der Waals surface area contributed by atoms with E-state index in [0.717, 1.165) is 5.82 Å². The van der Waals surface area contributed by atoms with Crippen molar-refractivity contribution in [2.75, 3.05) is 5.32 Å². The third-order valence-electron chi connectivity index (χ3n) is 3.02. The topological polar surface area (TPSA) is 24.9 Å². The Labute approximate surface area is 91.4 Å². The minimum atomic E-state index is 1.01. The van der Waals surface area contributed by atoms with Gasteiger partial charge in [0.15, 0.2) is 0 Å². The van der Waals surface area contributed by atoms with Gasteiger partial charge in [-0.25, -0.2) is 4.98 Å². The van der Waals surface area contributed by atoms with E-state index in [1.54, 1.807) is 0 Å². The maximum atomic E-state index is 4.36. The molecule has 1 heterocycles. The van der Waals surface area contributed by atoms with Crippen LogP contribution in [0, 0.1) is 6.92 Å². The summed E-state index contributed by atoms with van der Waals surface area (Å²) in [5.74, 6) is 1.01. The normalized spacial score (nSPS) is 16.7. The Morgan fingerprint density at radius 3 is 2.73 bits per heavy atom. The lowest BCUT2D eigenvalue weighted by Gasteiger charge is -2.19. The predicted molar refractivity (Wildman–Crippen MR) is 63.8 cm³/mol. The van der Waals surface area contributed by atoms with E-state index in [4.69, 9.17) is 0 Å². The summed E-state index contributed by atoms with van der Waals surface area (Å²) in [4.78, 5) is 4.36. The SMILES string of the molecule is CC1=C(Nc2ncccc2C)CCCC1. The molecule has 0 aromatic carbocycles. The highest BCUT2D eigenvalue weighted by Gasteiger charge is 2.10. The number of hydrogen-bond donors (Lipinski definition) is 1. The van der Waals surface area contributed by atoms with Crippen LogP contribution in [0.15, 0.2) is 29.6 Å². The summed E-state index contributed by atoms with van der Waals surface area (Å²) in [6.45, 7) is 4.31. The van der Waals surface area contributed by atoms with Crippen LogP contribution in [0.4, 0.5) is 5.82 Å². The summed E-state index contributed by atoms with van der Waals surface area (Å²) in [6.07, 6.45) is 6.87. The predicted octanol–water partition coefficient (Wildman–Crippen LogP) is 3.65. The maximum absolute atomic E-state index is 4.36. The van der Waals surface area contributed by atoms with E-state index >= 15 is 0 Å². The van der Waals surface area contributed by atoms with Gasteiger partial charge in [-0.1, -0.05) is 11.6 Å². The molecule has 2 heteroatoms. The Hall–Kier alpha value is -1.31. The molecule has 0 unspecified atom stereocenters. The Morgan fingerprint density at radius 2 is 2.00 bits per heavy atom. The molecule has 0 bridgehead atoms. The summed E-state index contributed by atoms with van der Waals surface area (Å²) in [5.41, 5.74) is 4.08. The van der Waals surface area contributed by atoms with Crippen LogP contribution >= 0.6 is 0 Å². The number of pyridine rings is 1. The molecule has 1 N–H and O–H groups in total. The number of nitrogens with one attached hydrogen (secondary N) is 1. The van der Waals surface area contributed by atoms with E-state index in [9.17, 15) is 0 Å². The molecule has 0 saturated carbocycles. The largest absolute Gasteiger partial charge is 0.344 e. The van der Waals surface area contributed by atoms with Crippen LogP contribution in [0.3, 0.4) is 0 Å². The molecule has 0 atom stereocenters. The quantitative estimate of drug-likeness (QED) is 0.791. The Balaban J connectivity index is 2.18. The van der Waals surface area contributed by atoms with Gasteiger partial charge in [0, 0.05) is 11.9 Å². The van der Waals surface area contributed by atoms with Crippen molar-refractivity contribution in [1.29, 1.82) is 0 Å². The van der Waals surface area contributed by atoms with Crippen molar-refractivity contribution in [2.24, 2.45) is 0 Å². The van der Waals surface area contributed by atoms with Gasteiger partial charge in [0.1, 0.15) is 5.82 Å². The first kappa shape index (κ1) is 10.2. The molecule has 0 amide bonds. The van der Waals surface area contributed by atoms with E-state index < -0.39 is 0 Å². The van der Waals surface area contributed by atoms with E-state index in [1.807, 2.05) is 12.3 Å². The molecule has 0 fully saturated rings. The first-order valence-electron chi connectivity index (χ1n) is 5.64. The average Bonchev–Trinajstić information content (AvgIpc) is 2.24. The minimum absolute atomic E-state index is 1.01. The second-order valence-electron chi connectivity index (χ2n) is 4.26. The van der Waals surface area contributed by atoms with Gasteiger partial charge >= 0.3 is 0 Å². The van der Waals surface area contributed by atoms with Gasteiger partial charge in [0.25, 0.3) is 0 Å². The summed E-state index contributed by atoms with van der Waals surface area (Å²) in [6, 6.07) is 4.07. The van der Waals surface area contributed by atoms with Crippen LogP contribution in [0.1, 0.15) is 38.2 Å². The van der Waals surface area contributed by atoms with Crippen molar-refractivity contribution in [3.63, 3.8) is 0 Å². The molecular formula is C13H18N2. The lowest BCUT2D eigenvalue weighted by atomic mass is 9.97. The number of rotatable bonds is 2. The first-order chi connectivity index (χ1) is 7.27. The maximum Gasteiger partial charge on any atom is 0.132 e. The van der Waals surface area contributed by atoms with Gasteiger partial charge in [-0.15, -0.1) is 0 Å². The summed E-state index contributed by atoms with van der Waals surface area (Å²) in [5, 5.41) is 3.47. The van der Waals surface area contributed by atoms with Gasteiger partial charge in [0.05, 0.1) is 0 Å². The molecule has 1 aromatic rings. The molecule has 1 aliphatic rings. The Morgan fingerprint density at radius 1 is 1.20 bits per heavy atom. The number of hydrogen-bond acceptors (Lipinski definition) is 2. The lowest BCUT2D eigenvalue weighted by molar-refractivity contribution is 0.674. The van der Waals surface area contributed by atoms with Gasteiger partial charge in [-0.2, -0.15) is 0 Å². The fourth-order valence-electron chi connectivity index (χ4n) is 1.98. The van der Waals surface area contributed by atoms with Crippen LogP contribution in [0.5, 0.6) is 0 Å². The van der Waals surface area contributed by atoms with Crippen LogP contribution in [-0.4, -0.2) is 4.98 Å². The standard InChI is InChI=1S/C13H18N2/c1-10-6-3-4-8-12(10)15-13-11(2)7-5-9-14-13/h5,7,9H,3-4,6,8H2,1-2H3,(H,14,15). The summed E-state index contributed by atoms with van der Waals surface area (Å²) < 4.78 is 0. The highest BCUT2D eigenvalue weighted by molar-refractivity contribution is 5.48. The van der Waals surface area contributed by atoms with Crippen LogP contribution < -0.4 is 5.32 Å². The molecule has 0 aliphatic heterocycles. The van der Waals surface area contributed by atoms with Crippen LogP contribution in [-0.2, 0) is 0 Å². The van der Waals surface area contributed by atoms with Crippen molar-refractivity contribution >= 4 is 5.82 Å².